The number of alkyl halides is 3. The number of ether oxygens (including phenoxy) is 2. The van der Waals surface area contributed by atoms with E-state index in [4.69, 9.17) is 9.47 Å². The van der Waals surface area contributed by atoms with Crippen LogP contribution in [0.5, 0.6) is 5.75 Å². The Bertz CT molecular complexity index is 1350. The molecule has 1 heterocycles. The molecule has 0 saturated heterocycles. The monoisotopic (exact) mass is 571 g/mol. The first-order chi connectivity index (χ1) is 17.8. The van der Waals surface area contributed by atoms with Gasteiger partial charge in [-0.1, -0.05) is 6.07 Å². The van der Waals surface area contributed by atoms with Gasteiger partial charge in [-0.2, -0.15) is 13.2 Å². The Hall–Kier alpha value is -3.48. The molecule has 3 rings (SSSR count). The Labute approximate surface area is 225 Å². The summed E-state index contributed by atoms with van der Waals surface area (Å²) < 4.78 is 79.9. The Morgan fingerprint density at radius 1 is 1.08 bits per heavy atom. The number of fused-ring (bicyclic) bond motifs is 1. The molecule has 0 spiro atoms. The standard InChI is InChI=1S/C26H32F3N3O6S/c1-16(33)31-25(5,6)14-19-15-32(39(35,36)20-9-7-8-17(12-20)26(27,28)29)21-13-18(10-11-22(21)37-19)30-23(34)38-24(2,3)4/h7-13,19H,14-15H2,1-6H3,(H,30,34)(H,31,33). The van der Waals surface area contributed by atoms with Crippen molar-refractivity contribution >= 4 is 33.4 Å². The lowest BCUT2D eigenvalue weighted by molar-refractivity contribution is -0.137. The summed E-state index contributed by atoms with van der Waals surface area (Å²) in [7, 11) is -4.52. The van der Waals surface area contributed by atoms with Gasteiger partial charge in [0, 0.05) is 24.6 Å². The quantitative estimate of drug-likeness (QED) is 0.486. The topological polar surface area (TPSA) is 114 Å². The van der Waals surface area contributed by atoms with E-state index in [1.165, 1.54) is 25.1 Å². The van der Waals surface area contributed by atoms with Gasteiger partial charge in [0.05, 0.1) is 22.7 Å². The van der Waals surface area contributed by atoms with Crippen LogP contribution in [-0.4, -0.2) is 44.2 Å². The summed E-state index contributed by atoms with van der Waals surface area (Å²) in [5, 5.41) is 5.30. The van der Waals surface area contributed by atoms with Crippen molar-refractivity contribution in [1.82, 2.24) is 5.32 Å². The van der Waals surface area contributed by atoms with E-state index in [2.05, 4.69) is 10.6 Å². The van der Waals surface area contributed by atoms with Gasteiger partial charge >= 0.3 is 12.3 Å². The molecule has 0 aromatic heterocycles. The van der Waals surface area contributed by atoms with Gasteiger partial charge in [0.15, 0.2) is 0 Å². The van der Waals surface area contributed by atoms with E-state index >= 15 is 0 Å². The van der Waals surface area contributed by atoms with Crippen LogP contribution in [0, 0.1) is 0 Å². The third kappa shape index (κ3) is 7.78. The van der Waals surface area contributed by atoms with Crippen LogP contribution in [0.2, 0.25) is 0 Å². The summed E-state index contributed by atoms with van der Waals surface area (Å²) in [6, 6.07) is 7.75. The molecule has 9 nitrogen and oxygen atoms in total. The molecule has 214 valence electrons. The van der Waals surface area contributed by atoms with Crippen molar-refractivity contribution in [1.29, 1.82) is 0 Å². The van der Waals surface area contributed by atoms with Crippen LogP contribution in [-0.2, 0) is 25.7 Å². The van der Waals surface area contributed by atoms with E-state index in [-0.39, 0.29) is 36.0 Å². The van der Waals surface area contributed by atoms with Gasteiger partial charge in [-0.15, -0.1) is 0 Å². The summed E-state index contributed by atoms with van der Waals surface area (Å²) in [5.74, 6) is -0.155. The van der Waals surface area contributed by atoms with Crippen molar-refractivity contribution in [3.63, 3.8) is 0 Å². The number of hydrogen-bond acceptors (Lipinski definition) is 6. The molecule has 1 aliphatic rings. The Morgan fingerprint density at radius 2 is 1.74 bits per heavy atom. The van der Waals surface area contributed by atoms with Gasteiger partial charge in [0.1, 0.15) is 17.5 Å². The molecule has 1 aliphatic heterocycles. The van der Waals surface area contributed by atoms with Gasteiger partial charge in [-0.3, -0.25) is 14.4 Å². The molecule has 0 saturated carbocycles. The number of amides is 2. The molecule has 1 atom stereocenters. The highest BCUT2D eigenvalue weighted by Gasteiger charge is 2.39. The molecule has 0 radical (unpaired) electrons. The van der Waals surface area contributed by atoms with E-state index in [1.54, 1.807) is 34.6 Å². The number of nitrogens with one attached hydrogen (secondary N) is 2. The first-order valence-electron chi connectivity index (χ1n) is 12.1. The number of carbonyl (C=O) groups is 2. The zero-order valence-corrected chi connectivity index (χ0v) is 23.3. The van der Waals surface area contributed by atoms with Crippen molar-refractivity contribution in [2.24, 2.45) is 0 Å². The number of nitrogens with zero attached hydrogens (tertiary/aromatic N) is 1. The second-order valence-electron chi connectivity index (χ2n) is 10.9. The first kappa shape index (κ1) is 30.1. The second-order valence-corrected chi connectivity index (χ2v) is 12.7. The van der Waals surface area contributed by atoms with E-state index in [0.717, 1.165) is 22.5 Å². The zero-order valence-electron chi connectivity index (χ0n) is 22.5. The molecule has 13 heteroatoms. The summed E-state index contributed by atoms with van der Waals surface area (Å²) >= 11 is 0. The van der Waals surface area contributed by atoms with E-state index in [9.17, 15) is 31.2 Å². The number of rotatable bonds is 6. The van der Waals surface area contributed by atoms with Gasteiger partial charge in [-0.05, 0) is 71.0 Å². The van der Waals surface area contributed by atoms with Gasteiger partial charge in [-0.25, -0.2) is 13.2 Å². The molecular weight excluding hydrogens is 539 g/mol. The molecule has 2 N–H and O–H groups in total. The lowest BCUT2D eigenvalue weighted by Crippen LogP contribution is -2.50. The molecule has 0 aliphatic carbocycles. The third-order valence-electron chi connectivity index (χ3n) is 5.54. The highest BCUT2D eigenvalue weighted by molar-refractivity contribution is 7.92. The van der Waals surface area contributed by atoms with Crippen LogP contribution >= 0.6 is 0 Å². The molecular formula is C26H32F3N3O6S. The highest BCUT2D eigenvalue weighted by Crippen LogP contribution is 2.41. The number of anilines is 2. The fourth-order valence-electron chi connectivity index (χ4n) is 4.20. The fourth-order valence-corrected chi connectivity index (χ4v) is 5.75. The molecule has 2 aromatic carbocycles. The Morgan fingerprint density at radius 3 is 2.33 bits per heavy atom. The first-order valence-corrected chi connectivity index (χ1v) is 13.5. The molecule has 2 amide bonds. The lowest BCUT2D eigenvalue weighted by atomic mass is 9.95. The minimum atomic E-state index is -4.75. The maximum absolute atomic E-state index is 13.8. The van der Waals surface area contributed by atoms with E-state index < -0.39 is 50.0 Å². The smallest absolute Gasteiger partial charge is 0.416 e. The van der Waals surface area contributed by atoms with Crippen LogP contribution in [0.3, 0.4) is 0 Å². The van der Waals surface area contributed by atoms with Gasteiger partial charge in [0.25, 0.3) is 10.0 Å². The van der Waals surface area contributed by atoms with Crippen molar-refractivity contribution in [3.05, 3.63) is 48.0 Å². The summed E-state index contributed by atoms with van der Waals surface area (Å²) in [6.07, 6.45) is -6.09. The molecule has 0 bridgehead atoms. The molecule has 2 aromatic rings. The van der Waals surface area contributed by atoms with Crippen LogP contribution in [0.1, 0.15) is 53.5 Å². The highest BCUT2D eigenvalue weighted by atomic mass is 32.2. The van der Waals surface area contributed by atoms with Crippen molar-refractivity contribution < 1.29 is 40.7 Å². The molecule has 0 fully saturated rings. The third-order valence-corrected chi connectivity index (χ3v) is 7.31. The van der Waals surface area contributed by atoms with Crippen molar-refractivity contribution in [3.8, 4) is 5.75 Å². The Kier molecular flexibility index (Phi) is 8.16. The largest absolute Gasteiger partial charge is 0.486 e. The molecule has 39 heavy (non-hydrogen) atoms. The summed E-state index contributed by atoms with van der Waals surface area (Å²) in [4.78, 5) is 23.4. The van der Waals surface area contributed by atoms with E-state index in [0.29, 0.717) is 6.07 Å². The van der Waals surface area contributed by atoms with Gasteiger partial charge in [0.2, 0.25) is 5.91 Å². The fraction of sp³-hybridized carbons (Fsp3) is 0.462. The van der Waals surface area contributed by atoms with Crippen LogP contribution in [0.25, 0.3) is 0 Å². The maximum Gasteiger partial charge on any atom is 0.416 e. The SMILES string of the molecule is CC(=O)NC(C)(C)CC1CN(S(=O)(=O)c2cccc(C(F)(F)F)c2)c2cc(NC(=O)OC(C)(C)C)ccc2O1. The number of benzene rings is 2. The van der Waals surface area contributed by atoms with Crippen LogP contribution in [0.4, 0.5) is 29.3 Å². The Balaban J connectivity index is 2.05. The second kappa shape index (κ2) is 10.6. The van der Waals surface area contributed by atoms with E-state index in [1.807, 2.05) is 0 Å². The summed E-state index contributed by atoms with van der Waals surface area (Å²) in [6.45, 7) is 9.62. The van der Waals surface area contributed by atoms with Gasteiger partial charge < -0.3 is 14.8 Å². The minimum absolute atomic E-state index is 0.0227. The van der Waals surface area contributed by atoms with Crippen molar-refractivity contribution in [2.45, 2.75) is 76.3 Å². The number of carbonyl (C=O) groups excluding carboxylic acids is 2. The normalized spacial score (nSPS) is 16.1. The maximum atomic E-state index is 13.8. The lowest BCUT2D eigenvalue weighted by Gasteiger charge is -2.39. The minimum Gasteiger partial charge on any atom is -0.486 e. The number of sulfonamides is 1. The predicted molar refractivity (Wildman–Crippen MR) is 139 cm³/mol. The molecule has 1 unspecified atom stereocenters. The van der Waals surface area contributed by atoms with Crippen LogP contribution in [0.15, 0.2) is 47.4 Å². The van der Waals surface area contributed by atoms with Crippen molar-refractivity contribution in [2.75, 3.05) is 16.2 Å². The zero-order chi connectivity index (χ0) is 29.4. The predicted octanol–water partition coefficient (Wildman–Crippen LogP) is 5.31. The number of hydrogen-bond donors (Lipinski definition) is 2. The number of halogens is 3. The summed E-state index contributed by atoms with van der Waals surface area (Å²) in [5.41, 5.74) is -2.46. The average molecular weight is 572 g/mol. The van der Waals surface area contributed by atoms with Crippen LogP contribution < -0.4 is 19.7 Å². The average Bonchev–Trinajstić information content (AvgIpc) is 2.75.